The smallest absolute Gasteiger partial charge is 0.349 e. The summed E-state index contributed by atoms with van der Waals surface area (Å²) in [5, 5.41) is 4.75. The van der Waals surface area contributed by atoms with Crippen molar-refractivity contribution < 1.29 is 8.94 Å². The molecular formula is C11H7NO3. The average molecular weight is 201 g/mol. The maximum Gasteiger partial charge on any atom is 0.349 e. The number of nitrogens with zero attached hydrogens (tertiary/aromatic N) is 1. The fourth-order valence-corrected chi connectivity index (χ4v) is 1.64. The van der Waals surface area contributed by atoms with Crippen molar-refractivity contribution in [1.82, 2.24) is 5.16 Å². The molecule has 4 heteroatoms. The molecule has 0 radical (unpaired) electrons. The van der Waals surface area contributed by atoms with Gasteiger partial charge in [-0.25, -0.2) is 4.79 Å². The van der Waals surface area contributed by atoms with Gasteiger partial charge in [-0.2, -0.15) is 0 Å². The lowest BCUT2D eigenvalue weighted by Gasteiger charge is -1.97. The first-order valence-corrected chi connectivity index (χ1v) is 4.53. The minimum atomic E-state index is -0.413. The molecule has 2 heterocycles. The number of benzene rings is 1. The number of fused-ring (bicyclic) bond motifs is 3. The lowest BCUT2D eigenvalue weighted by Crippen LogP contribution is -1.97. The van der Waals surface area contributed by atoms with Crippen LogP contribution >= 0.6 is 0 Å². The van der Waals surface area contributed by atoms with E-state index in [4.69, 9.17) is 8.94 Å². The molecule has 15 heavy (non-hydrogen) atoms. The third-order valence-corrected chi connectivity index (χ3v) is 2.37. The SMILES string of the molecule is Cc1ccc2c(c1)oc(=O)c1cnoc12. The van der Waals surface area contributed by atoms with Crippen LogP contribution in [0.1, 0.15) is 5.56 Å². The van der Waals surface area contributed by atoms with Crippen LogP contribution in [0, 0.1) is 6.92 Å². The predicted molar refractivity (Wildman–Crippen MR) is 54.8 cm³/mol. The average Bonchev–Trinajstić information content (AvgIpc) is 2.66. The highest BCUT2D eigenvalue weighted by Gasteiger charge is 2.10. The summed E-state index contributed by atoms with van der Waals surface area (Å²) in [5.74, 6) is 0. The van der Waals surface area contributed by atoms with E-state index < -0.39 is 5.63 Å². The lowest BCUT2D eigenvalue weighted by molar-refractivity contribution is 0.457. The fourth-order valence-electron chi connectivity index (χ4n) is 1.64. The van der Waals surface area contributed by atoms with E-state index in [1.54, 1.807) is 6.07 Å². The van der Waals surface area contributed by atoms with Gasteiger partial charge in [-0.15, -0.1) is 0 Å². The van der Waals surface area contributed by atoms with Gasteiger partial charge in [-0.05, 0) is 24.6 Å². The zero-order valence-corrected chi connectivity index (χ0v) is 7.98. The number of hydrogen-bond donors (Lipinski definition) is 0. The molecule has 0 atom stereocenters. The van der Waals surface area contributed by atoms with Gasteiger partial charge in [0.15, 0.2) is 5.58 Å². The van der Waals surface area contributed by atoms with Crippen LogP contribution in [0.4, 0.5) is 0 Å². The zero-order valence-electron chi connectivity index (χ0n) is 7.98. The van der Waals surface area contributed by atoms with Crippen molar-refractivity contribution in [3.8, 4) is 0 Å². The molecule has 74 valence electrons. The molecule has 3 rings (SSSR count). The Balaban J connectivity index is 2.66. The van der Waals surface area contributed by atoms with Gasteiger partial charge in [-0.3, -0.25) is 0 Å². The van der Waals surface area contributed by atoms with Crippen LogP contribution in [-0.2, 0) is 0 Å². The maximum atomic E-state index is 11.5. The van der Waals surface area contributed by atoms with Gasteiger partial charge in [0.05, 0.1) is 11.6 Å². The second-order valence-electron chi connectivity index (χ2n) is 3.46. The lowest BCUT2D eigenvalue weighted by atomic mass is 10.1. The monoisotopic (exact) mass is 201 g/mol. The standard InChI is InChI=1S/C11H7NO3/c1-6-2-3-7-9(4-6)14-11(13)8-5-12-15-10(7)8/h2-5H,1H3. The van der Waals surface area contributed by atoms with E-state index in [0.717, 1.165) is 10.9 Å². The third-order valence-electron chi connectivity index (χ3n) is 2.37. The van der Waals surface area contributed by atoms with Crippen LogP contribution in [-0.4, -0.2) is 5.16 Å². The second kappa shape index (κ2) is 2.70. The maximum absolute atomic E-state index is 11.5. The van der Waals surface area contributed by atoms with Gasteiger partial charge in [-0.1, -0.05) is 11.2 Å². The van der Waals surface area contributed by atoms with Crippen LogP contribution < -0.4 is 5.63 Å². The highest BCUT2D eigenvalue weighted by atomic mass is 16.5. The highest BCUT2D eigenvalue weighted by Crippen LogP contribution is 2.22. The molecule has 4 nitrogen and oxygen atoms in total. The van der Waals surface area contributed by atoms with E-state index in [-0.39, 0.29) is 0 Å². The Morgan fingerprint density at radius 3 is 3.00 bits per heavy atom. The minimum absolute atomic E-state index is 0.381. The van der Waals surface area contributed by atoms with E-state index >= 15 is 0 Å². The van der Waals surface area contributed by atoms with Gasteiger partial charge >= 0.3 is 5.63 Å². The highest BCUT2D eigenvalue weighted by molar-refractivity contribution is 6.00. The van der Waals surface area contributed by atoms with Gasteiger partial charge in [0, 0.05) is 0 Å². The van der Waals surface area contributed by atoms with Crippen molar-refractivity contribution in [3.63, 3.8) is 0 Å². The molecule has 0 fully saturated rings. The molecule has 0 N–H and O–H groups in total. The summed E-state index contributed by atoms with van der Waals surface area (Å²) < 4.78 is 10.2. The van der Waals surface area contributed by atoms with E-state index in [1.165, 1.54) is 6.20 Å². The molecule has 1 aromatic carbocycles. The summed E-state index contributed by atoms with van der Waals surface area (Å²) in [5.41, 5.74) is 1.64. The van der Waals surface area contributed by atoms with Gasteiger partial charge < -0.3 is 8.94 Å². The summed E-state index contributed by atoms with van der Waals surface area (Å²) in [4.78, 5) is 11.5. The molecular weight excluding hydrogens is 194 g/mol. The van der Waals surface area contributed by atoms with E-state index in [2.05, 4.69) is 5.16 Å². The molecule has 0 bridgehead atoms. The van der Waals surface area contributed by atoms with Crippen LogP contribution in [0.2, 0.25) is 0 Å². The van der Waals surface area contributed by atoms with E-state index in [9.17, 15) is 4.79 Å². The molecule has 0 aliphatic heterocycles. The Bertz CT molecular complexity index is 708. The molecule has 0 aliphatic rings. The molecule has 0 aliphatic carbocycles. The summed E-state index contributed by atoms with van der Waals surface area (Å²) in [6.07, 6.45) is 1.38. The predicted octanol–water partition coefficient (Wildman–Crippen LogP) is 2.24. The Hall–Kier alpha value is -2.10. The van der Waals surface area contributed by atoms with Crippen molar-refractivity contribution in [1.29, 1.82) is 0 Å². The molecule has 2 aromatic heterocycles. The molecule has 0 spiro atoms. The second-order valence-corrected chi connectivity index (χ2v) is 3.46. The van der Waals surface area contributed by atoms with Crippen LogP contribution in [0.3, 0.4) is 0 Å². The third kappa shape index (κ3) is 1.08. The summed E-state index contributed by atoms with van der Waals surface area (Å²) >= 11 is 0. The molecule has 3 aromatic rings. The van der Waals surface area contributed by atoms with Crippen molar-refractivity contribution in [2.75, 3.05) is 0 Å². The number of hydrogen-bond acceptors (Lipinski definition) is 4. The van der Waals surface area contributed by atoms with E-state index in [1.807, 2.05) is 19.1 Å². The van der Waals surface area contributed by atoms with Crippen LogP contribution in [0.15, 0.2) is 38.1 Å². The summed E-state index contributed by atoms with van der Waals surface area (Å²) in [7, 11) is 0. The molecule has 0 unspecified atom stereocenters. The molecule has 0 saturated carbocycles. The Morgan fingerprint density at radius 1 is 1.27 bits per heavy atom. The summed E-state index contributed by atoms with van der Waals surface area (Å²) in [6, 6.07) is 5.60. The molecule has 0 amide bonds. The first-order chi connectivity index (χ1) is 7.25. The van der Waals surface area contributed by atoms with Crippen molar-refractivity contribution in [3.05, 3.63) is 40.4 Å². The first-order valence-electron chi connectivity index (χ1n) is 4.53. The molecule has 0 saturated heterocycles. The topological polar surface area (TPSA) is 56.2 Å². The first kappa shape index (κ1) is 8.23. The quantitative estimate of drug-likeness (QED) is 0.523. The number of aryl methyl sites for hydroxylation is 1. The van der Waals surface area contributed by atoms with Gasteiger partial charge in [0.1, 0.15) is 11.0 Å². The Kier molecular flexibility index (Phi) is 1.48. The Labute approximate surface area is 84.1 Å². The van der Waals surface area contributed by atoms with Gasteiger partial charge in [0.25, 0.3) is 0 Å². The van der Waals surface area contributed by atoms with Crippen LogP contribution in [0.5, 0.6) is 0 Å². The van der Waals surface area contributed by atoms with E-state index in [0.29, 0.717) is 16.6 Å². The fraction of sp³-hybridized carbons (Fsp3) is 0.0909. The van der Waals surface area contributed by atoms with Crippen LogP contribution in [0.25, 0.3) is 21.9 Å². The van der Waals surface area contributed by atoms with Crippen molar-refractivity contribution in [2.45, 2.75) is 6.92 Å². The van der Waals surface area contributed by atoms with Crippen molar-refractivity contribution in [2.24, 2.45) is 0 Å². The largest absolute Gasteiger partial charge is 0.422 e. The normalized spacial score (nSPS) is 11.3. The van der Waals surface area contributed by atoms with Crippen molar-refractivity contribution >= 4 is 21.9 Å². The summed E-state index contributed by atoms with van der Waals surface area (Å²) in [6.45, 7) is 1.93. The number of aromatic nitrogens is 1. The zero-order chi connectivity index (χ0) is 10.4. The number of rotatable bonds is 0. The minimum Gasteiger partial charge on any atom is -0.422 e. The Morgan fingerprint density at radius 2 is 2.13 bits per heavy atom. The van der Waals surface area contributed by atoms with Gasteiger partial charge in [0.2, 0.25) is 0 Å².